The van der Waals surface area contributed by atoms with Gasteiger partial charge in [-0.1, -0.05) is 73.8 Å². The molecule has 20 nitrogen and oxygen atoms in total. The normalized spacial score (nSPS) is 43.0. The Kier molecular flexibility index (Phi) is 23.4. The molecule has 3 unspecified atom stereocenters. The second-order valence-electron chi connectivity index (χ2n) is 36.7. The summed E-state index contributed by atoms with van der Waals surface area (Å²) in [5, 5.41) is 40.2. The molecule has 21 heteroatoms. The minimum absolute atomic E-state index is 0. The number of aliphatic hydroxyl groups is 3. The van der Waals surface area contributed by atoms with Crippen LogP contribution in [0.5, 0.6) is 0 Å². The molecule has 3 spiro atoms. The van der Waals surface area contributed by atoms with Crippen molar-refractivity contribution in [3.05, 3.63) is 95.4 Å². The quantitative estimate of drug-likeness (QED) is 0.0351. The van der Waals surface area contributed by atoms with Crippen molar-refractivity contribution in [3.63, 3.8) is 0 Å². The minimum Gasteiger partial charge on any atom is -0.478 e. The molecule has 592 valence electrons. The van der Waals surface area contributed by atoms with Gasteiger partial charge in [0, 0.05) is 83.1 Å². The first kappa shape index (κ1) is 82.2. The highest BCUT2D eigenvalue weighted by Crippen LogP contribution is 2.75. The summed E-state index contributed by atoms with van der Waals surface area (Å²) in [6, 6.07) is 0. The number of ether oxygens (including phenoxy) is 7. The van der Waals surface area contributed by atoms with Crippen molar-refractivity contribution in [1.82, 2.24) is 9.80 Å². The van der Waals surface area contributed by atoms with Crippen molar-refractivity contribution in [2.75, 3.05) is 41.3 Å². The summed E-state index contributed by atoms with van der Waals surface area (Å²) in [5.74, 6) is 1.24. The van der Waals surface area contributed by atoms with E-state index in [2.05, 4.69) is 68.2 Å². The fourth-order valence-corrected chi connectivity index (χ4v) is 24.0. The number of esters is 5. The van der Waals surface area contributed by atoms with E-state index in [4.69, 9.17) is 33.5 Å². The van der Waals surface area contributed by atoms with Gasteiger partial charge in [-0.15, -0.1) is 12.4 Å². The van der Waals surface area contributed by atoms with Crippen LogP contribution >= 0.6 is 12.4 Å². The first-order chi connectivity index (χ1) is 49.4. The van der Waals surface area contributed by atoms with Crippen LogP contribution in [0.2, 0.25) is 0 Å². The Morgan fingerprint density at radius 3 is 1.48 bits per heavy atom. The molecule has 24 atom stereocenters. The number of carbonyl (C=O) groups is 7. The molecule has 4 N–H and O–H groups in total. The van der Waals surface area contributed by atoms with Gasteiger partial charge in [0.25, 0.3) is 6.47 Å². The zero-order valence-corrected chi connectivity index (χ0v) is 65.2. The van der Waals surface area contributed by atoms with Gasteiger partial charge in [-0.05, 0) is 246 Å². The van der Waals surface area contributed by atoms with Crippen LogP contribution in [0, 0.1) is 93.7 Å². The average molecular weight is 1510 g/mol. The molecule has 6 saturated heterocycles. The molecule has 16 fully saturated rings. The molecular weight excluding hydrogens is 1380 g/mol. The van der Waals surface area contributed by atoms with Crippen LogP contribution in [0.1, 0.15) is 203 Å². The van der Waals surface area contributed by atoms with Crippen LogP contribution in [0.15, 0.2) is 95.4 Å². The van der Waals surface area contributed by atoms with Crippen molar-refractivity contribution >= 4 is 54.7 Å². The second-order valence-corrected chi connectivity index (χ2v) is 36.7. The number of nitrogens with zero attached hydrogens (tertiary/aromatic N) is 2. The number of carbonyl (C=O) groups excluding carboxylic acids is 6. The number of rotatable bonds is 7. The van der Waals surface area contributed by atoms with Gasteiger partial charge in [0.2, 0.25) is 0 Å². The fourth-order valence-electron chi connectivity index (χ4n) is 24.0. The molecule has 0 aromatic rings. The van der Waals surface area contributed by atoms with E-state index in [1.165, 1.54) is 78.4 Å². The van der Waals surface area contributed by atoms with Crippen LogP contribution in [0.3, 0.4) is 0 Å². The smallest absolute Gasteiger partial charge is 0.334 e. The van der Waals surface area contributed by atoms with E-state index in [0.29, 0.717) is 52.2 Å². The zero-order valence-electron chi connectivity index (χ0n) is 64.4. The largest absolute Gasteiger partial charge is 0.478 e. The lowest BCUT2D eigenvalue weighted by atomic mass is 9.74. The number of carboxylic acids is 1. The highest BCUT2D eigenvalue weighted by Gasteiger charge is 2.80. The van der Waals surface area contributed by atoms with Crippen LogP contribution in [0.25, 0.3) is 0 Å². The van der Waals surface area contributed by atoms with E-state index in [1.807, 2.05) is 49.0 Å². The van der Waals surface area contributed by atoms with Crippen molar-refractivity contribution < 1.29 is 87.1 Å². The minimum atomic E-state index is -1.15. The lowest BCUT2D eigenvalue weighted by Crippen LogP contribution is -2.46. The number of hydrogen-bond acceptors (Lipinski definition) is 19. The summed E-state index contributed by atoms with van der Waals surface area (Å²) >= 11 is 0. The summed E-state index contributed by atoms with van der Waals surface area (Å²) in [6.45, 7) is 34.0. The maximum atomic E-state index is 12.3. The van der Waals surface area contributed by atoms with Gasteiger partial charge >= 0.3 is 35.8 Å². The summed E-state index contributed by atoms with van der Waals surface area (Å²) in [7, 11) is 7.99. The predicted molar refractivity (Wildman–Crippen MR) is 404 cm³/mol. The third-order valence-corrected chi connectivity index (χ3v) is 29.9. The zero-order chi connectivity index (χ0) is 75.7. The third kappa shape index (κ3) is 14.9. The molecule has 18 aliphatic rings. The van der Waals surface area contributed by atoms with Crippen molar-refractivity contribution in [3.8, 4) is 0 Å². The Balaban J connectivity index is 0.000000129. The van der Waals surface area contributed by atoms with Gasteiger partial charge in [0.1, 0.15) is 42.4 Å². The molecule has 0 radical (unpaired) electrons. The number of carboxylic acid groups (broad SMARTS) is 1. The predicted octanol–water partition coefficient (Wildman–Crippen LogP) is 12.8. The van der Waals surface area contributed by atoms with Gasteiger partial charge < -0.3 is 63.4 Å². The summed E-state index contributed by atoms with van der Waals surface area (Å²) in [6.07, 6.45) is 27.0. The third-order valence-electron chi connectivity index (χ3n) is 29.9. The molecule has 107 heavy (non-hydrogen) atoms. The standard InChI is InChI=1S/2C17H27NO3.C17H22O2.C15H20O4.C15H18O2.C4H4O4.CH4.ClH/c2*1-10-5-6-12-13(9-18(3)4)16(19)21-15(12)14-11(10)7-8-17(14,2)20;1-10-11-2-4-16(6-7-16)12-3-5-17(8-9-17)13(12)14(11)19-15(10)18;1-8-9-4-5-14(3)15(19-14)7-6-13(2,17)11(15)10(9)18-12(8)16;1-8-4-7-12-10(3)15(16)17-14(12)13-9(2)5-6-11(8)13;5-3-8-2-1-4(6)7;;/h2*12-15,20H,5-9H2,1-4H3;11-14H,1-9H2;9-11,17H,1,4-7H2,2-3H3;11-14H,1-7H2;1-3H,(H,6,7);1H4;1H/b;;;;;2-1+;;/t2*12-,13-,14?,15-,17+;11-,12+,13-,14-;9-,10-,11?,13+,14-,15+;11-,12-,13-,14-;;;/m00000.../s1. The number of allylic oxidation sites excluding steroid dienone is 3. The van der Waals surface area contributed by atoms with Gasteiger partial charge in [0.05, 0.1) is 46.2 Å². The van der Waals surface area contributed by atoms with Gasteiger partial charge in [-0.3, -0.25) is 14.4 Å². The number of epoxide rings is 1. The molecule has 18 rings (SSSR count). The van der Waals surface area contributed by atoms with Crippen LogP contribution in [0.4, 0.5) is 0 Å². The highest BCUT2D eigenvalue weighted by atomic mass is 35.5. The van der Waals surface area contributed by atoms with Crippen molar-refractivity contribution in [2.45, 2.75) is 262 Å². The van der Waals surface area contributed by atoms with Crippen LogP contribution in [-0.4, -0.2) is 172 Å². The molecule has 0 bridgehead atoms. The monoisotopic (exact) mass is 1510 g/mol. The SMILES string of the molecule is C.C=C1C(=O)O[C@@H]2C3[C@](C)(O)CC[C@@]34O[C@@]4(C)CC[C@@H]12.C=C1C(=O)O[C@@H]2[C@@H]3[C@@H](CCC34CC4)C3(CC[C@@H]12)CC3.C=C1CC[C@H]2C(=C)CC[C@H]3C(=C)C(=O)O[C@@H]3[C@@H]12.CC1=C2CC[C@@](C)(O)C2[C@H]2OC(=O)[C@@H](CN(C)C)[C@@H]2CC1.CC1=C2CC[C@@](C)(O)C2[C@H]2OC(=O)[C@@H](CN(C)C)[C@@H]2CC1.Cl.O=CO/C=C/C(=O)O. The molecule has 12 aliphatic carbocycles. The molecule has 0 amide bonds. The van der Waals surface area contributed by atoms with E-state index in [9.17, 15) is 48.9 Å². The fraction of sp³-hybridized carbons (Fsp3) is 0.733. The molecule has 0 aromatic carbocycles. The Labute approximate surface area is 640 Å². The number of fused-ring (bicyclic) bond motifs is 16. The van der Waals surface area contributed by atoms with Crippen LogP contribution < -0.4 is 0 Å². The number of aliphatic carboxylic acids is 1. The van der Waals surface area contributed by atoms with E-state index >= 15 is 0 Å². The molecule has 0 aromatic heterocycles. The highest BCUT2D eigenvalue weighted by molar-refractivity contribution is 5.92. The van der Waals surface area contributed by atoms with Gasteiger partial charge in [-0.25, -0.2) is 19.2 Å². The molecule has 10 saturated carbocycles. The lowest BCUT2D eigenvalue weighted by Gasteiger charge is -2.33. The Bertz CT molecular complexity index is 3580. The summed E-state index contributed by atoms with van der Waals surface area (Å²) < 4.78 is 38.5. The molecule has 6 aliphatic heterocycles. The molecular formula is C86H123ClN2O18. The van der Waals surface area contributed by atoms with Crippen LogP contribution in [-0.2, 0) is 66.7 Å². The topological polar surface area (TPSA) is 275 Å². The maximum absolute atomic E-state index is 12.3. The van der Waals surface area contributed by atoms with Crippen molar-refractivity contribution in [2.24, 2.45) is 93.7 Å². The van der Waals surface area contributed by atoms with Gasteiger partial charge in [0.15, 0.2) is 0 Å². The maximum Gasteiger partial charge on any atom is 0.334 e. The first-order valence-electron chi connectivity index (χ1n) is 39.4. The number of halogens is 1. The molecule has 6 heterocycles. The lowest BCUT2D eigenvalue weighted by molar-refractivity contribution is -0.149. The summed E-state index contributed by atoms with van der Waals surface area (Å²) in [5.41, 5.74) is 8.55. The first-order valence-corrected chi connectivity index (χ1v) is 39.4. The van der Waals surface area contributed by atoms with E-state index in [-0.39, 0.29) is 157 Å². The second kappa shape index (κ2) is 30.4. The van der Waals surface area contributed by atoms with Crippen molar-refractivity contribution in [1.29, 1.82) is 0 Å². The Hall–Kier alpha value is -5.74. The van der Waals surface area contributed by atoms with E-state index in [1.54, 1.807) is 0 Å². The number of hydrogen-bond donors (Lipinski definition) is 4. The Morgan fingerprint density at radius 1 is 0.523 bits per heavy atom. The average Bonchev–Trinajstić information content (AvgIpc) is 1.49. The van der Waals surface area contributed by atoms with Gasteiger partial charge in [-0.2, -0.15) is 0 Å². The van der Waals surface area contributed by atoms with E-state index < -0.39 is 22.8 Å². The Morgan fingerprint density at radius 2 is 0.981 bits per heavy atom. The summed E-state index contributed by atoms with van der Waals surface area (Å²) in [4.78, 5) is 83.1. The van der Waals surface area contributed by atoms with E-state index in [0.717, 1.165) is 134 Å².